The molecule has 9 heteroatoms. The first-order valence-electron chi connectivity index (χ1n) is 7.49. The Bertz CT molecular complexity index is 708. The molecule has 0 saturated heterocycles. The fourth-order valence-corrected chi connectivity index (χ4v) is 2.94. The summed E-state index contributed by atoms with van der Waals surface area (Å²) in [5.41, 5.74) is 0.567. The zero-order chi connectivity index (χ0) is 16.7. The van der Waals surface area contributed by atoms with Crippen molar-refractivity contribution in [1.82, 2.24) is 19.6 Å². The van der Waals surface area contributed by atoms with Crippen molar-refractivity contribution in [2.24, 2.45) is 5.41 Å². The number of nitrogens with zero attached hydrogens (tertiary/aromatic N) is 4. The summed E-state index contributed by atoms with van der Waals surface area (Å²) in [6.07, 6.45) is -0.824. The third-order valence-corrected chi connectivity index (χ3v) is 4.39. The van der Waals surface area contributed by atoms with E-state index < -0.39 is 12.0 Å². The molecule has 2 aromatic rings. The van der Waals surface area contributed by atoms with Crippen molar-refractivity contribution >= 4 is 11.6 Å². The van der Waals surface area contributed by atoms with Gasteiger partial charge in [-0.1, -0.05) is 6.42 Å². The zero-order valence-electron chi connectivity index (χ0n) is 12.7. The number of aryl methyl sites for hydroxylation is 1. The number of halogens is 3. The normalized spacial score (nSPS) is 17.3. The van der Waals surface area contributed by atoms with E-state index in [1.807, 2.05) is 0 Å². The molecule has 0 aliphatic heterocycles. The highest BCUT2D eigenvalue weighted by atomic mass is 19.4. The molecule has 2 N–H and O–H groups in total. The fourth-order valence-electron chi connectivity index (χ4n) is 2.94. The van der Waals surface area contributed by atoms with Crippen LogP contribution in [0.2, 0.25) is 0 Å². The molecule has 2 heterocycles. The quantitative estimate of drug-likeness (QED) is 0.881. The standard InChI is InChI=1S/C14H18F3N5O/c1-9-7-10(18-8-13(5-6-23)3-2-4-13)22-12(19-9)20-11(21-22)14(15,16)17/h7,18,23H,2-6,8H2,1H3. The van der Waals surface area contributed by atoms with Gasteiger partial charge in [0.1, 0.15) is 5.82 Å². The summed E-state index contributed by atoms with van der Waals surface area (Å²) < 4.78 is 39.4. The van der Waals surface area contributed by atoms with E-state index in [2.05, 4.69) is 20.4 Å². The molecule has 0 atom stereocenters. The molecule has 0 amide bonds. The van der Waals surface area contributed by atoms with Crippen molar-refractivity contribution < 1.29 is 18.3 Å². The highest BCUT2D eigenvalue weighted by Gasteiger charge is 2.38. The number of fused-ring (bicyclic) bond motifs is 1. The maximum Gasteiger partial charge on any atom is 0.453 e. The van der Waals surface area contributed by atoms with E-state index >= 15 is 0 Å². The molecule has 126 valence electrons. The molecule has 1 saturated carbocycles. The lowest BCUT2D eigenvalue weighted by Gasteiger charge is -2.42. The van der Waals surface area contributed by atoms with Gasteiger partial charge >= 0.3 is 6.18 Å². The van der Waals surface area contributed by atoms with E-state index in [-0.39, 0.29) is 17.8 Å². The van der Waals surface area contributed by atoms with Gasteiger partial charge in [-0.25, -0.2) is 4.98 Å². The molecule has 1 aliphatic carbocycles. The van der Waals surface area contributed by atoms with Crippen LogP contribution in [0.4, 0.5) is 19.0 Å². The molecule has 0 bridgehead atoms. The predicted octanol–water partition coefficient (Wildman–Crippen LogP) is 2.42. The average molecular weight is 329 g/mol. The van der Waals surface area contributed by atoms with Crippen molar-refractivity contribution in [3.05, 3.63) is 17.6 Å². The van der Waals surface area contributed by atoms with Crippen LogP contribution in [0.5, 0.6) is 0 Å². The topological polar surface area (TPSA) is 75.3 Å². The van der Waals surface area contributed by atoms with E-state index in [0.717, 1.165) is 23.8 Å². The predicted molar refractivity (Wildman–Crippen MR) is 77.0 cm³/mol. The molecule has 3 rings (SSSR count). The van der Waals surface area contributed by atoms with Gasteiger partial charge in [-0.05, 0) is 31.6 Å². The number of aliphatic hydroxyl groups is 1. The van der Waals surface area contributed by atoms with Gasteiger partial charge in [0.05, 0.1) is 0 Å². The minimum Gasteiger partial charge on any atom is -0.396 e. The number of anilines is 1. The maximum atomic E-state index is 12.8. The molecule has 23 heavy (non-hydrogen) atoms. The molecule has 0 aromatic carbocycles. The largest absolute Gasteiger partial charge is 0.453 e. The van der Waals surface area contributed by atoms with Gasteiger partial charge in [0.25, 0.3) is 11.6 Å². The third-order valence-electron chi connectivity index (χ3n) is 4.39. The Balaban J connectivity index is 1.89. The summed E-state index contributed by atoms with van der Waals surface area (Å²) in [6, 6.07) is 1.65. The van der Waals surface area contributed by atoms with Crippen LogP contribution in [-0.2, 0) is 6.18 Å². The minimum atomic E-state index is -4.61. The number of rotatable bonds is 5. The van der Waals surface area contributed by atoms with Crippen molar-refractivity contribution in [3.8, 4) is 0 Å². The highest BCUT2D eigenvalue weighted by molar-refractivity contribution is 5.45. The summed E-state index contributed by atoms with van der Waals surface area (Å²) >= 11 is 0. The maximum absolute atomic E-state index is 12.8. The highest BCUT2D eigenvalue weighted by Crippen LogP contribution is 2.43. The van der Waals surface area contributed by atoms with Gasteiger partial charge in [0, 0.05) is 24.9 Å². The van der Waals surface area contributed by atoms with Crippen LogP contribution >= 0.6 is 0 Å². The van der Waals surface area contributed by atoms with Crippen LogP contribution in [0.25, 0.3) is 5.78 Å². The summed E-state index contributed by atoms with van der Waals surface area (Å²) in [4.78, 5) is 7.45. The molecule has 0 radical (unpaired) electrons. The Hall–Kier alpha value is -1.90. The lowest BCUT2D eigenvalue weighted by molar-refractivity contribution is -0.144. The van der Waals surface area contributed by atoms with Crippen LogP contribution in [0, 0.1) is 12.3 Å². The molecule has 1 fully saturated rings. The van der Waals surface area contributed by atoms with Gasteiger partial charge in [-0.15, -0.1) is 5.10 Å². The number of hydrogen-bond acceptors (Lipinski definition) is 5. The lowest BCUT2D eigenvalue weighted by Crippen LogP contribution is -2.37. The Kier molecular flexibility index (Phi) is 3.91. The third kappa shape index (κ3) is 3.10. The summed E-state index contributed by atoms with van der Waals surface area (Å²) in [7, 11) is 0. The Labute approximate surface area is 130 Å². The molecule has 2 aromatic heterocycles. The van der Waals surface area contributed by atoms with Crippen LogP contribution < -0.4 is 5.32 Å². The number of aliphatic hydroxyl groups excluding tert-OH is 1. The van der Waals surface area contributed by atoms with Crippen molar-refractivity contribution in [1.29, 1.82) is 0 Å². The SMILES string of the molecule is Cc1cc(NCC2(CCO)CCC2)n2nc(C(F)(F)F)nc2n1. The summed E-state index contributed by atoms with van der Waals surface area (Å²) in [5, 5.41) is 15.9. The average Bonchev–Trinajstić information content (AvgIpc) is 2.85. The summed E-state index contributed by atoms with van der Waals surface area (Å²) in [5.74, 6) is -0.850. The van der Waals surface area contributed by atoms with Gasteiger partial charge in [-0.3, -0.25) is 0 Å². The van der Waals surface area contributed by atoms with Crippen LogP contribution in [-0.4, -0.2) is 37.8 Å². The number of alkyl halides is 3. The van der Waals surface area contributed by atoms with Crippen molar-refractivity contribution in [2.75, 3.05) is 18.5 Å². The molecule has 0 spiro atoms. The van der Waals surface area contributed by atoms with E-state index in [1.54, 1.807) is 13.0 Å². The number of hydrogen-bond donors (Lipinski definition) is 2. The molecular weight excluding hydrogens is 311 g/mol. The van der Waals surface area contributed by atoms with Gasteiger partial charge in [-0.2, -0.15) is 22.7 Å². The molecule has 1 aliphatic rings. The van der Waals surface area contributed by atoms with E-state index in [1.165, 1.54) is 0 Å². The van der Waals surface area contributed by atoms with Gasteiger partial charge < -0.3 is 10.4 Å². The first-order valence-corrected chi connectivity index (χ1v) is 7.49. The molecule has 0 unspecified atom stereocenters. The second-order valence-electron chi connectivity index (χ2n) is 6.11. The van der Waals surface area contributed by atoms with Crippen LogP contribution in [0.1, 0.15) is 37.2 Å². The van der Waals surface area contributed by atoms with E-state index in [0.29, 0.717) is 24.5 Å². The molecular formula is C14H18F3N5O. The first kappa shape index (κ1) is 16.0. The van der Waals surface area contributed by atoms with Gasteiger partial charge in [0.2, 0.25) is 0 Å². The Morgan fingerprint density at radius 2 is 2.09 bits per heavy atom. The zero-order valence-corrected chi connectivity index (χ0v) is 12.7. The van der Waals surface area contributed by atoms with Crippen LogP contribution in [0.3, 0.4) is 0 Å². The van der Waals surface area contributed by atoms with Crippen molar-refractivity contribution in [3.63, 3.8) is 0 Å². The van der Waals surface area contributed by atoms with Crippen molar-refractivity contribution in [2.45, 2.75) is 38.8 Å². The minimum absolute atomic E-state index is 0.00564. The van der Waals surface area contributed by atoms with E-state index in [9.17, 15) is 18.3 Å². The fraction of sp³-hybridized carbons (Fsp3) is 0.643. The lowest BCUT2D eigenvalue weighted by atomic mass is 9.67. The van der Waals surface area contributed by atoms with Gasteiger partial charge in [0.15, 0.2) is 0 Å². The smallest absolute Gasteiger partial charge is 0.396 e. The monoisotopic (exact) mass is 329 g/mol. The number of aromatic nitrogens is 4. The molecule has 6 nitrogen and oxygen atoms in total. The van der Waals surface area contributed by atoms with E-state index in [4.69, 9.17) is 0 Å². The summed E-state index contributed by atoms with van der Waals surface area (Å²) in [6.45, 7) is 2.38. The first-order chi connectivity index (χ1) is 10.8. The van der Waals surface area contributed by atoms with Crippen LogP contribution in [0.15, 0.2) is 6.07 Å². The Morgan fingerprint density at radius 3 is 2.65 bits per heavy atom. The second-order valence-corrected chi connectivity index (χ2v) is 6.11. The number of nitrogens with one attached hydrogen (secondary N) is 1. The Morgan fingerprint density at radius 1 is 1.35 bits per heavy atom. The second kappa shape index (κ2) is 5.63.